The van der Waals surface area contributed by atoms with Crippen molar-refractivity contribution in [2.75, 3.05) is 5.32 Å². The van der Waals surface area contributed by atoms with Gasteiger partial charge in [0.05, 0.1) is 32.7 Å². The lowest BCUT2D eigenvalue weighted by Crippen LogP contribution is -2.21. The van der Waals surface area contributed by atoms with E-state index in [1.165, 1.54) is 0 Å². The number of hydrogen-bond donors (Lipinski definition) is 5. The number of aromatic nitrogens is 2. The summed E-state index contributed by atoms with van der Waals surface area (Å²) in [6, 6.07) is 10.3. The second-order valence-electron chi connectivity index (χ2n) is 6.54. The van der Waals surface area contributed by atoms with Crippen LogP contribution in [-0.2, 0) is 4.79 Å². The first-order valence-corrected chi connectivity index (χ1v) is 9.74. The fraction of sp³-hybridized carbons (Fsp3) is 0.150. The van der Waals surface area contributed by atoms with Gasteiger partial charge in [0.15, 0.2) is 0 Å². The number of carboxylic acid groups (broad SMARTS) is 1. The third-order valence-corrected chi connectivity index (χ3v) is 4.83. The van der Waals surface area contributed by atoms with Crippen molar-refractivity contribution in [3.63, 3.8) is 0 Å². The number of rotatable bonds is 4. The van der Waals surface area contributed by atoms with Crippen molar-refractivity contribution in [2.45, 2.75) is 20.0 Å². The zero-order chi connectivity index (χ0) is 24.9. The topological polar surface area (TPSA) is 127 Å². The van der Waals surface area contributed by atoms with E-state index in [4.69, 9.17) is 38.3 Å². The number of carbonyl (C=O) groups is 2. The van der Waals surface area contributed by atoms with Gasteiger partial charge in [-0.25, -0.2) is 10.3 Å². The number of para-hydroxylation sites is 1. The zero-order valence-electron chi connectivity index (χ0n) is 17.0. The number of H-pyrrole nitrogens is 1. The Bertz CT molecular complexity index is 1140. The minimum atomic E-state index is -5.08. The van der Waals surface area contributed by atoms with Gasteiger partial charge in [0.2, 0.25) is 0 Å². The van der Waals surface area contributed by atoms with Crippen molar-refractivity contribution < 1.29 is 33.1 Å². The molecule has 0 aliphatic heterocycles. The third-order valence-electron chi connectivity index (χ3n) is 4.23. The number of amides is 1. The minimum absolute atomic E-state index is 0.257. The Labute approximate surface area is 195 Å². The largest absolute Gasteiger partial charge is 0.490 e. The number of halogens is 5. The Morgan fingerprint density at radius 3 is 2.09 bits per heavy atom. The van der Waals surface area contributed by atoms with E-state index < -0.39 is 18.1 Å². The van der Waals surface area contributed by atoms with Crippen LogP contribution in [-0.4, -0.2) is 38.6 Å². The Kier molecular flexibility index (Phi) is 8.31. The Morgan fingerprint density at radius 1 is 1.09 bits per heavy atom. The first-order chi connectivity index (χ1) is 15.4. The molecular formula is C20H17Cl2F3N4O4. The Hall–Kier alpha value is -3.28. The summed E-state index contributed by atoms with van der Waals surface area (Å²) in [7, 11) is 0. The van der Waals surface area contributed by atoms with Crippen molar-refractivity contribution in [3.8, 4) is 11.1 Å². The molecule has 0 radical (unpaired) electrons. The number of nitrogens with zero attached hydrogens (tertiary/aromatic N) is 1. The summed E-state index contributed by atoms with van der Waals surface area (Å²) in [5.41, 5.74) is 6.36. The van der Waals surface area contributed by atoms with Crippen LogP contribution in [0.3, 0.4) is 0 Å². The van der Waals surface area contributed by atoms with E-state index in [-0.39, 0.29) is 5.56 Å². The van der Waals surface area contributed by atoms with Crippen molar-refractivity contribution in [2.24, 2.45) is 0 Å². The fourth-order valence-corrected chi connectivity index (χ4v) is 3.38. The Morgan fingerprint density at radius 2 is 1.64 bits per heavy atom. The highest BCUT2D eigenvalue weighted by atomic mass is 35.5. The molecule has 13 heteroatoms. The van der Waals surface area contributed by atoms with Gasteiger partial charge in [-0.15, -0.1) is 0 Å². The highest BCUT2D eigenvalue weighted by Gasteiger charge is 2.38. The van der Waals surface area contributed by atoms with Crippen LogP contribution in [0.5, 0.6) is 0 Å². The molecule has 0 fully saturated rings. The van der Waals surface area contributed by atoms with Crippen molar-refractivity contribution in [3.05, 3.63) is 63.4 Å². The highest BCUT2D eigenvalue weighted by molar-refractivity contribution is 6.39. The summed E-state index contributed by atoms with van der Waals surface area (Å²) < 4.78 is 31.7. The molecule has 8 nitrogen and oxygen atoms in total. The van der Waals surface area contributed by atoms with Gasteiger partial charge in [0.25, 0.3) is 5.91 Å². The number of aliphatic carboxylic acids is 1. The van der Waals surface area contributed by atoms with Gasteiger partial charge in [-0.05, 0) is 43.7 Å². The van der Waals surface area contributed by atoms with Gasteiger partial charge in [0, 0.05) is 11.3 Å². The molecule has 176 valence electrons. The van der Waals surface area contributed by atoms with E-state index in [0.29, 0.717) is 21.4 Å². The van der Waals surface area contributed by atoms with Crippen LogP contribution in [0.15, 0.2) is 36.4 Å². The molecule has 1 aromatic heterocycles. The summed E-state index contributed by atoms with van der Waals surface area (Å²) in [5.74, 6) is -3.39. The van der Waals surface area contributed by atoms with E-state index in [0.717, 1.165) is 22.5 Å². The van der Waals surface area contributed by atoms with Crippen LogP contribution < -0.4 is 10.8 Å². The van der Waals surface area contributed by atoms with E-state index in [1.807, 2.05) is 13.8 Å². The lowest BCUT2D eigenvalue weighted by atomic mass is 10.0. The van der Waals surface area contributed by atoms with Gasteiger partial charge in [-0.2, -0.15) is 18.3 Å². The van der Waals surface area contributed by atoms with E-state index in [2.05, 4.69) is 15.5 Å². The predicted octanol–water partition coefficient (Wildman–Crippen LogP) is 5.50. The lowest BCUT2D eigenvalue weighted by molar-refractivity contribution is -0.192. The third kappa shape index (κ3) is 6.37. The van der Waals surface area contributed by atoms with Gasteiger partial charge < -0.3 is 10.4 Å². The monoisotopic (exact) mass is 504 g/mol. The second-order valence-corrected chi connectivity index (χ2v) is 7.35. The normalized spacial score (nSPS) is 10.8. The SMILES string of the molecule is Cc1n[nH]c(C)c1-c1cc(Cl)c(Nc2ccccc2C(=O)NO)c(Cl)c1.O=C(O)C(F)(F)F. The molecule has 0 aliphatic carbocycles. The molecule has 33 heavy (non-hydrogen) atoms. The summed E-state index contributed by atoms with van der Waals surface area (Å²) in [4.78, 5) is 20.7. The molecule has 0 unspecified atom stereocenters. The minimum Gasteiger partial charge on any atom is -0.475 e. The van der Waals surface area contributed by atoms with Crippen LogP contribution in [0.1, 0.15) is 21.7 Å². The number of aromatic amines is 1. The van der Waals surface area contributed by atoms with Crippen molar-refractivity contribution in [1.29, 1.82) is 0 Å². The average molecular weight is 505 g/mol. The number of benzene rings is 2. The zero-order valence-corrected chi connectivity index (χ0v) is 18.5. The van der Waals surface area contributed by atoms with E-state index in [1.54, 1.807) is 41.9 Å². The summed E-state index contributed by atoms with van der Waals surface area (Å²) in [6.45, 7) is 3.82. The smallest absolute Gasteiger partial charge is 0.475 e. The highest BCUT2D eigenvalue weighted by Crippen LogP contribution is 2.39. The first kappa shape index (κ1) is 26.0. The number of carboxylic acids is 1. The molecule has 0 saturated heterocycles. The first-order valence-electron chi connectivity index (χ1n) is 8.98. The number of alkyl halides is 3. The van der Waals surface area contributed by atoms with Crippen LogP contribution >= 0.6 is 23.2 Å². The molecule has 3 rings (SSSR count). The molecule has 1 amide bonds. The molecule has 0 bridgehead atoms. The molecular weight excluding hydrogens is 488 g/mol. The summed E-state index contributed by atoms with van der Waals surface area (Å²) in [6.07, 6.45) is -5.08. The van der Waals surface area contributed by atoms with Gasteiger partial charge in [-0.3, -0.25) is 15.1 Å². The van der Waals surface area contributed by atoms with Crippen molar-refractivity contribution in [1.82, 2.24) is 15.7 Å². The lowest BCUT2D eigenvalue weighted by Gasteiger charge is -2.15. The van der Waals surface area contributed by atoms with Crippen LogP contribution in [0.4, 0.5) is 24.5 Å². The average Bonchev–Trinajstić information content (AvgIpc) is 3.08. The molecule has 0 atom stereocenters. The molecule has 3 aromatic rings. The number of aryl methyl sites for hydroxylation is 2. The standard InChI is InChI=1S/C18H16Cl2N4O2.C2HF3O2/c1-9-16(10(2)23-22-9)11-7-13(19)17(14(20)8-11)21-15-6-4-3-5-12(15)18(25)24-26;3-2(4,5)1(6)7/h3-8,21,26H,1-2H3,(H,22,23)(H,24,25);(H,6,7). The van der Waals surface area contributed by atoms with Crippen LogP contribution in [0.2, 0.25) is 10.0 Å². The van der Waals surface area contributed by atoms with Gasteiger partial charge in [0.1, 0.15) is 0 Å². The number of anilines is 2. The van der Waals surface area contributed by atoms with Gasteiger partial charge >= 0.3 is 12.1 Å². The molecule has 0 spiro atoms. The van der Waals surface area contributed by atoms with Crippen LogP contribution in [0, 0.1) is 13.8 Å². The predicted molar refractivity (Wildman–Crippen MR) is 116 cm³/mol. The molecule has 0 aliphatic rings. The Balaban J connectivity index is 0.000000479. The molecule has 5 N–H and O–H groups in total. The summed E-state index contributed by atoms with van der Waals surface area (Å²) in [5, 5.41) is 27.0. The number of nitrogens with one attached hydrogen (secondary N) is 3. The quantitative estimate of drug-likeness (QED) is 0.236. The summed E-state index contributed by atoms with van der Waals surface area (Å²) >= 11 is 12.9. The van der Waals surface area contributed by atoms with E-state index >= 15 is 0 Å². The fourth-order valence-electron chi connectivity index (χ4n) is 2.80. The molecule has 0 saturated carbocycles. The molecule has 1 heterocycles. The second kappa shape index (κ2) is 10.6. The van der Waals surface area contributed by atoms with Gasteiger partial charge in [-0.1, -0.05) is 35.3 Å². The number of hydroxylamine groups is 1. The maximum absolute atomic E-state index is 11.8. The van der Waals surface area contributed by atoms with E-state index in [9.17, 15) is 18.0 Å². The number of hydrogen-bond acceptors (Lipinski definition) is 5. The number of carbonyl (C=O) groups excluding carboxylic acids is 1. The molecule has 2 aromatic carbocycles. The van der Waals surface area contributed by atoms with Crippen molar-refractivity contribution >= 4 is 46.5 Å². The maximum Gasteiger partial charge on any atom is 0.490 e. The maximum atomic E-state index is 11.8. The van der Waals surface area contributed by atoms with Crippen LogP contribution in [0.25, 0.3) is 11.1 Å².